The highest BCUT2D eigenvalue weighted by Gasteiger charge is 2.37. The van der Waals surface area contributed by atoms with E-state index in [1.807, 2.05) is 26.2 Å². The fraction of sp³-hybridized carbons (Fsp3) is 0.586. The number of nitrogens with one attached hydrogen (secondary N) is 2. The van der Waals surface area contributed by atoms with E-state index < -0.39 is 0 Å². The Bertz CT molecular complexity index is 1280. The molecule has 2 N–H and O–H groups in total. The summed E-state index contributed by atoms with van der Waals surface area (Å²) in [5.74, 6) is 1.13. The minimum Gasteiger partial charge on any atom is -0.484 e. The number of rotatable bonds is 7. The van der Waals surface area contributed by atoms with Gasteiger partial charge in [0.2, 0.25) is 0 Å². The summed E-state index contributed by atoms with van der Waals surface area (Å²) >= 11 is 8.04. The maximum Gasteiger partial charge on any atom is 0.254 e. The Morgan fingerprint density at radius 1 is 1.21 bits per heavy atom. The molecule has 3 aliphatic rings. The van der Waals surface area contributed by atoms with Crippen molar-refractivity contribution in [2.45, 2.75) is 75.6 Å². The molecule has 1 aromatic heterocycles. The zero-order chi connectivity index (χ0) is 27.7. The predicted octanol–water partition coefficient (Wildman–Crippen LogP) is 4.72. The number of halogens is 1. The van der Waals surface area contributed by atoms with E-state index in [0.717, 1.165) is 55.8 Å². The monoisotopic (exact) mass is 575 g/mol. The Morgan fingerprint density at radius 2 is 1.97 bits per heavy atom. The largest absolute Gasteiger partial charge is 0.484 e. The van der Waals surface area contributed by atoms with E-state index in [4.69, 9.17) is 25.8 Å². The average molecular weight is 576 g/mol. The smallest absolute Gasteiger partial charge is 0.254 e. The number of H-pyrrole nitrogens is 1. The summed E-state index contributed by atoms with van der Waals surface area (Å²) < 4.78 is 18.2. The van der Waals surface area contributed by atoms with Crippen molar-refractivity contribution in [3.8, 4) is 11.5 Å². The van der Waals surface area contributed by atoms with Gasteiger partial charge in [0, 0.05) is 60.1 Å². The number of aromatic amines is 1. The van der Waals surface area contributed by atoms with Gasteiger partial charge >= 0.3 is 0 Å². The summed E-state index contributed by atoms with van der Waals surface area (Å²) in [6.07, 6.45) is 7.76. The van der Waals surface area contributed by atoms with Gasteiger partial charge in [-0.2, -0.15) is 0 Å². The highest BCUT2D eigenvalue weighted by Crippen LogP contribution is 2.45. The van der Waals surface area contributed by atoms with Gasteiger partial charge in [-0.1, -0.05) is 11.6 Å². The quantitative estimate of drug-likeness (QED) is 0.462. The summed E-state index contributed by atoms with van der Waals surface area (Å²) in [6, 6.07) is 4.14. The normalized spacial score (nSPS) is 25.1. The number of hydrogen-bond acceptors (Lipinski definition) is 7. The van der Waals surface area contributed by atoms with Crippen molar-refractivity contribution in [2.24, 2.45) is 5.92 Å². The molecule has 0 unspecified atom stereocenters. The summed E-state index contributed by atoms with van der Waals surface area (Å²) in [5.41, 5.74) is 2.23. The number of nitrogens with zero attached hydrogens (tertiary/aromatic N) is 1. The van der Waals surface area contributed by atoms with Gasteiger partial charge in [-0.25, -0.2) is 0 Å². The van der Waals surface area contributed by atoms with Crippen LogP contribution in [0, 0.1) is 19.8 Å². The van der Waals surface area contributed by atoms with Gasteiger partial charge in [-0.3, -0.25) is 14.5 Å². The van der Waals surface area contributed by atoms with E-state index in [2.05, 4.69) is 15.2 Å². The molecule has 1 amide bonds. The molecule has 2 atom stereocenters. The standard InChI is InChI=1S/C29H38ClN3O5S/c1-16-11-25(39-4)22(29(35)32-16)13-31-28(34)21-12-23(30)27-26(17(21)2)38-24(15-37-27)18-5-7-19(8-6-18)33-10-9-20(14-33)36-3/h11-12,18-20,24H,5-10,13-15H2,1-4H3,(H,31,34)(H,32,35)/t18?,19?,20-,24-/m1/s1. The third kappa shape index (κ3) is 5.97. The second-order valence-electron chi connectivity index (χ2n) is 10.9. The lowest BCUT2D eigenvalue weighted by molar-refractivity contribution is 0.0197. The average Bonchev–Trinajstić information content (AvgIpc) is 3.43. The molecular formula is C29H38ClN3O5S. The number of aryl methyl sites for hydroxylation is 1. The molecule has 39 heavy (non-hydrogen) atoms. The van der Waals surface area contributed by atoms with E-state index in [1.54, 1.807) is 13.2 Å². The van der Waals surface area contributed by atoms with Crippen molar-refractivity contribution in [1.29, 1.82) is 0 Å². The third-order valence-corrected chi connectivity index (χ3v) is 9.60. The molecule has 1 saturated carbocycles. The molecule has 1 saturated heterocycles. The topological polar surface area (TPSA) is 92.9 Å². The molecule has 8 nitrogen and oxygen atoms in total. The zero-order valence-electron chi connectivity index (χ0n) is 23.1. The summed E-state index contributed by atoms with van der Waals surface area (Å²) in [5, 5.41) is 3.25. The Labute approximate surface area is 239 Å². The second-order valence-corrected chi connectivity index (χ2v) is 12.1. The first-order valence-corrected chi connectivity index (χ1v) is 15.3. The first kappa shape index (κ1) is 28.3. The van der Waals surface area contributed by atoms with Crippen LogP contribution in [0.2, 0.25) is 5.02 Å². The Morgan fingerprint density at radius 3 is 2.67 bits per heavy atom. The third-order valence-electron chi connectivity index (χ3n) is 8.51. The Balaban J connectivity index is 1.25. The second kappa shape index (κ2) is 12.1. The van der Waals surface area contributed by atoms with Crippen molar-refractivity contribution in [3.63, 3.8) is 0 Å². The van der Waals surface area contributed by atoms with Gasteiger partial charge in [0.05, 0.1) is 11.1 Å². The first-order chi connectivity index (χ1) is 18.8. The Hall–Kier alpha value is -2.20. The van der Waals surface area contributed by atoms with E-state index in [9.17, 15) is 9.59 Å². The number of amides is 1. The highest BCUT2D eigenvalue weighted by molar-refractivity contribution is 7.98. The maximum absolute atomic E-state index is 13.2. The molecule has 5 rings (SSSR count). The van der Waals surface area contributed by atoms with Gasteiger partial charge < -0.3 is 24.5 Å². The van der Waals surface area contributed by atoms with E-state index in [0.29, 0.717) is 57.9 Å². The maximum atomic E-state index is 13.2. The van der Waals surface area contributed by atoms with Crippen LogP contribution in [0.1, 0.15) is 59.3 Å². The van der Waals surface area contributed by atoms with Crippen LogP contribution in [-0.2, 0) is 11.3 Å². The van der Waals surface area contributed by atoms with Crippen LogP contribution in [0.5, 0.6) is 11.5 Å². The molecule has 1 aliphatic carbocycles. The van der Waals surface area contributed by atoms with Crippen LogP contribution in [0.15, 0.2) is 21.8 Å². The minimum absolute atomic E-state index is 0.0768. The fourth-order valence-corrected chi connectivity index (χ4v) is 7.17. The molecule has 3 heterocycles. The molecule has 212 valence electrons. The molecule has 0 bridgehead atoms. The van der Waals surface area contributed by atoms with Crippen molar-refractivity contribution in [3.05, 3.63) is 49.9 Å². The van der Waals surface area contributed by atoms with Crippen molar-refractivity contribution in [2.75, 3.05) is 33.1 Å². The summed E-state index contributed by atoms with van der Waals surface area (Å²) in [6.45, 7) is 6.41. The number of pyridine rings is 1. The SMILES string of the molecule is CO[C@@H]1CCN(C2CCC([C@H]3COc4c(Cl)cc(C(=O)NCc5c(SC)cc(C)[nH]c5=O)c(C)c4O3)CC2)C1. The van der Waals surface area contributed by atoms with Crippen LogP contribution in [-0.4, -0.2) is 67.1 Å². The number of thioether (sulfide) groups is 1. The molecular weight excluding hydrogens is 538 g/mol. The number of hydrogen-bond donors (Lipinski definition) is 2. The van der Waals surface area contributed by atoms with Crippen LogP contribution in [0.25, 0.3) is 0 Å². The van der Waals surface area contributed by atoms with Crippen LogP contribution < -0.4 is 20.3 Å². The van der Waals surface area contributed by atoms with Gasteiger partial charge in [0.1, 0.15) is 12.7 Å². The van der Waals surface area contributed by atoms with Crippen molar-refractivity contribution in [1.82, 2.24) is 15.2 Å². The van der Waals surface area contributed by atoms with Crippen LogP contribution >= 0.6 is 23.4 Å². The lowest BCUT2D eigenvalue weighted by atomic mass is 9.82. The molecule has 0 spiro atoms. The van der Waals surface area contributed by atoms with Crippen LogP contribution in [0.4, 0.5) is 0 Å². The van der Waals surface area contributed by atoms with E-state index in [-0.39, 0.29) is 24.1 Å². The lowest BCUT2D eigenvalue weighted by Crippen LogP contribution is -2.43. The number of ether oxygens (including phenoxy) is 3. The molecule has 2 fully saturated rings. The molecule has 2 aliphatic heterocycles. The fourth-order valence-electron chi connectivity index (χ4n) is 6.21. The van der Waals surface area contributed by atoms with Gasteiger partial charge in [-0.15, -0.1) is 11.8 Å². The number of likely N-dealkylation sites (tertiary alicyclic amines) is 1. The molecule has 0 radical (unpaired) electrons. The van der Waals surface area contributed by atoms with E-state index >= 15 is 0 Å². The number of carbonyl (C=O) groups excluding carboxylic acids is 1. The predicted molar refractivity (Wildman–Crippen MR) is 154 cm³/mol. The zero-order valence-corrected chi connectivity index (χ0v) is 24.7. The number of methoxy groups -OCH3 is 1. The summed E-state index contributed by atoms with van der Waals surface area (Å²) in [4.78, 5) is 32.0. The van der Waals surface area contributed by atoms with Crippen molar-refractivity contribution < 1.29 is 19.0 Å². The highest BCUT2D eigenvalue weighted by atomic mass is 35.5. The van der Waals surface area contributed by atoms with Crippen molar-refractivity contribution >= 4 is 29.3 Å². The summed E-state index contributed by atoms with van der Waals surface area (Å²) in [7, 11) is 1.80. The van der Waals surface area contributed by atoms with Gasteiger partial charge in [-0.05, 0) is 70.3 Å². The lowest BCUT2D eigenvalue weighted by Gasteiger charge is -2.39. The number of aromatic nitrogens is 1. The number of benzene rings is 1. The molecule has 1 aromatic carbocycles. The van der Waals surface area contributed by atoms with Crippen LogP contribution in [0.3, 0.4) is 0 Å². The van der Waals surface area contributed by atoms with E-state index in [1.165, 1.54) is 11.8 Å². The first-order valence-electron chi connectivity index (χ1n) is 13.7. The van der Waals surface area contributed by atoms with Gasteiger partial charge in [0.15, 0.2) is 11.5 Å². The molecule has 10 heteroatoms. The minimum atomic E-state index is -0.310. The molecule has 2 aromatic rings. The number of fused-ring (bicyclic) bond motifs is 1. The number of carbonyl (C=O) groups is 1. The Kier molecular flexibility index (Phi) is 8.81. The van der Waals surface area contributed by atoms with Gasteiger partial charge in [0.25, 0.3) is 11.5 Å².